The molecule has 0 radical (unpaired) electrons. The Hall–Kier alpha value is -0.610. The van der Waals surface area contributed by atoms with Crippen LogP contribution in [0.15, 0.2) is 0 Å². The van der Waals surface area contributed by atoms with E-state index in [-0.39, 0.29) is 5.91 Å². The van der Waals surface area contributed by atoms with E-state index in [1.807, 2.05) is 0 Å². The van der Waals surface area contributed by atoms with Gasteiger partial charge in [-0.1, -0.05) is 13.8 Å². The molecule has 1 fully saturated rings. The lowest BCUT2D eigenvalue weighted by Gasteiger charge is -2.33. The smallest absolute Gasteiger partial charge is 0.234 e. The number of amides is 1. The number of carbonyl (C=O) groups is 1. The van der Waals surface area contributed by atoms with Crippen molar-refractivity contribution < 1.29 is 9.53 Å². The van der Waals surface area contributed by atoms with E-state index in [1.165, 1.54) is 12.8 Å². The highest BCUT2D eigenvalue weighted by Crippen LogP contribution is 2.28. The molecule has 4 nitrogen and oxygen atoms in total. The van der Waals surface area contributed by atoms with Crippen LogP contribution in [0.2, 0.25) is 0 Å². The maximum atomic E-state index is 11.7. The summed E-state index contributed by atoms with van der Waals surface area (Å²) in [7, 11) is 1.66. The topological polar surface area (TPSA) is 50.4 Å². The van der Waals surface area contributed by atoms with Gasteiger partial charge in [-0.3, -0.25) is 4.79 Å². The summed E-state index contributed by atoms with van der Waals surface area (Å²) < 4.78 is 4.91. The maximum Gasteiger partial charge on any atom is 0.234 e. The summed E-state index contributed by atoms with van der Waals surface area (Å²) in [6.07, 6.45) is 3.57. The Balaban J connectivity index is 2.17. The standard InChI is InChI=1S/C13H26N2O2/c1-10-4-5-12(11(2)8-10)15-13(16)9-14-6-7-17-3/h10-12,14H,4-9H2,1-3H3,(H,15,16). The largest absolute Gasteiger partial charge is 0.383 e. The van der Waals surface area contributed by atoms with Crippen LogP contribution in [0.25, 0.3) is 0 Å². The molecule has 1 amide bonds. The van der Waals surface area contributed by atoms with Crippen molar-refractivity contribution in [3.63, 3.8) is 0 Å². The third-order valence-electron chi connectivity index (χ3n) is 3.55. The van der Waals surface area contributed by atoms with Crippen molar-refractivity contribution in [1.29, 1.82) is 0 Å². The number of nitrogens with one attached hydrogen (secondary N) is 2. The molecule has 2 N–H and O–H groups in total. The molecule has 1 aliphatic carbocycles. The molecule has 0 aromatic heterocycles. The summed E-state index contributed by atoms with van der Waals surface area (Å²) >= 11 is 0. The molecular formula is C13H26N2O2. The van der Waals surface area contributed by atoms with Gasteiger partial charge in [0.25, 0.3) is 0 Å². The molecular weight excluding hydrogens is 216 g/mol. The number of methoxy groups -OCH3 is 1. The van der Waals surface area contributed by atoms with E-state index >= 15 is 0 Å². The van der Waals surface area contributed by atoms with Crippen LogP contribution >= 0.6 is 0 Å². The zero-order chi connectivity index (χ0) is 12.7. The van der Waals surface area contributed by atoms with Gasteiger partial charge in [-0.05, 0) is 31.1 Å². The number of ether oxygens (including phenoxy) is 1. The lowest BCUT2D eigenvalue weighted by atomic mass is 9.80. The van der Waals surface area contributed by atoms with Crippen LogP contribution in [0, 0.1) is 11.8 Å². The summed E-state index contributed by atoms with van der Waals surface area (Å²) in [5, 5.41) is 6.19. The predicted octanol–water partition coefficient (Wildman–Crippen LogP) is 1.16. The summed E-state index contributed by atoms with van der Waals surface area (Å²) in [6, 6.07) is 0.364. The molecule has 0 aromatic rings. The van der Waals surface area contributed by atoms with Crippen LogP contribution in [-0.2, 0) is 9.53 Å². The molecule has 0 aromatic carbocycles. The summed E-state index contributed by atoms with van der Waals surface area (Å²) in [6.45, 7) is 6.29. The molecule has 1 rings (SSSR count). The van der Waals surface area contributed by atoms with Gasteiger partial charge in [0.1, 0.15) is 0 Å². The van der Waals surface area contributed by atoms with Crippen LogP contribution in [0.3, 0.4) is 0 Å². The average molecular weight is 242 g/mol. The first kappa shape index (κ1) is 14.5. The van der Waals surface area contributed by atoms with Gasteiger partial charge in [0.15, 0.2) is 0 Å². The average Bonchev–Trinajstić information content (AvgIpc) is 2.28. The highest BCUT2D eigenvalue weighted by atomic mass is 16.5. The van der Waals surface area contributed by atoms with Gasteiger partial charge in [0.05, 0.1) is 13.2 Å². The second-order valence-corrected chi connectivity index (χ2v) is 5.24. The normalized spacial score (nSPS) is 29.0. The Morgan fingerprint density at radius 2 is 2.12 bits per heavy atom. The Bertz CT molecular complexity index is 233. The molecule has 17 heavy (non-hydrogen) atoms. The van der Waals surface area contributed by atoms with Gasteiger partial charge < -0.3 is 15.4 Å². The highest BCUT2D eigenvalue weighted by molar-refractivity contribution is 5.78. The Kier molecular flexibility index (Phi) is 6.52. The first-order valence-corrected chi connectivity index (χ1v) is 6.62. The molecule has 4 heteroatoms. The zero-order valence-corrected chi connectivity index (χ0v) is 11.3. The van der Waals surface area contributed by atoms with Crippen molar-refractivity contribution >= 4 is 5.91 Å². The summed E-state index contributed by atoms with van der Waals surface area (Å²) in [5.74, 6) is 1.51. The van der Waals surface area contributed by atoms with E-state index < -0.39 is 0 Å². The molecule has 1 saturated carbocycles. The SMILES string of the molecule is COCCNCC(=O)NC1CCC(C)CC1C. The van der Waals surface area contributed by atoms with Crippen molar-refractivity contribution in [2.24, 2.45) is 11.8 Å². The fraction of sp³-hybridized carbons (Fsp3) is 0.923. The molecule has 1 aliphatic rings. The molecule has 3 atom stereocenters. The minimum atomic E-state index is 0.104. The maximum absolute atomic E-state index is 11.7. The van der Waals surface area contributed by atoms with E-state index in [0.717, 1.165) is 18.9 Å². The molecule has 0 heterocycles. The molecule has 100 valence electrons. The highest BCUT2D eigenvalue weighted by Gasteiger charge is 2.26. The number of hydrogen-bond donors (Lipinski definition) is 2. The van der Waals surface area contributed by atoms with Crippen molar-refractivity contribution in [2.75, 3.05) is 26.8 Å². The second kappa shape index (κ2) is 7.67. The Morgan fingerprint density at radius 3 is 2.76 bits per heavy atom. The first-order valence-electron chi connectivity index (χ1n) is 6.62. The zero-order valence-electron chi connectivity index (χ0n) is 11.3. The molecule has 0 saturated heterocycles. The van der Waals surface area contributed by atoms with Gasteiger partial charge in [-0.2, -0.15) is 0 Å². The fourth-order valence-electron chi connectivity index (χ4n) is 2.51. The fourth-order valence-corrected chi connectivity index (χ4v) is 2.51. The third kappa shape index (κ3) is 5.50. The first-order chi connectivity index (χ1) is 8.13. The quantitative estimate of drug-likeness (QED) is 0.687. The minimum Gasteiger partial charge on any atom is -0.383 e. The van der Waals surface area contributed by atoms with Crippen LogP contribution in [0.1, 0.15) is 33.1 Å². The monoisotopic (exact) mass is 242 g/mol. The van der Waals surface area contributed by atoms with Crippen molar-refractivity contribution in [3.05, 3.63) is 0 Å². The number of carbonyl (C=O) groups excluding carboxylic acids is 1. The van der Waals surface area contributed by atoms with Crippen molar-refractivity contribution in [3.8, 4) is 0 Å². The van der Waals surface area contributed by atoms with Crippen LogP contribution in [0.5, 0.6) is 0 Å². The molecule has 0 bridgehead atoms. The lowest BCUT2D eigenvalue weighted by molar-refractivity contribution is -0.121. The van der Waals surface area contributed by atoms with Crippen LogP contribution in [0.4, 0.5) is 0 Å². The van der Waals surface area contributed by atoms with E-state index in [1.54, 1.807) is 7.11 Å². The molecule has 0 aliphatic heterocycles. The third-order valence-corrected chi connectivity index (χ3v) is 3.55. The van der Waals surface area contributed by atoms with E-state index in [4.69, 9.17) is 4.74 Å². The minimum absolute atomic E-state index is 0.104. The summed E-state index contributed by atoms with van der Waals surface area (Å²) in [5.41, 5.74) is 0. The van der Waals surface area contributed by atoms with Gasteiger partial charge in [-0.25, -0.2) is 0 Å². The Labute approximate surface area is 104 Å². The van der Waals surface area contributed by atoms with Crippen molar-refractivity contribution in [1.82, 2.24) is 10.6 Å². The van der Waals surface area contributed by atoms with Crippen LogP contribution in [-0.4, -0.2) is 38.8 Å². The van der Waals surface area contributed by atoms with E-state index in [9.17, 15) is 4.79 Å². The lowest BCUT2D eigenvalue weighted by Crippen LogP contribution is -2.45. The molecule has 0 spiro atoms. The van der Waals surface area contributed by atoms with E-state index in [2.05, 4.69) is 24.5 Å². The van der Waals surface area contributed by atoms with Crippen molar-refractivity contribution in [2.45, 2.75) is 39.2 Å². The van der Waals surface area contributed by atoms with Crippen LogP contribution < -0.4 is 10.6 Å². The Morgan fingerprint density at radius 1 is 1.35 bits per heavy atom. The predicted molar refractivity (Wildman–Crippen MR) is 68.9 cm³/mol. The number of rotatable bonds is 6. The molecule has 3 unspecified atom stereocenters. The van der Waals surface area contributed by atoms with Gasteiger partial charge in [-0.15, -0.1) is 0 Å². The number of hydrogen-bond acceptors (Lipinski definition) is 3. The van der Waals surface area contributed by atoms with Gasteiger partial charge in [0.2, 0.25) is 5.91 Å². The van der Waals surface area contributed by atoms with Gasteiger partial charge >= 0.3 is 0 Å². The van der Waals surface area contributed by atoms with E-state index in [0.29, 0.717) is 25.1 Å². The second-order valence-electron chi connectivity index (χ2n) is 5.24. The van der Waals surface area contributed by atoms with Gasteiger partial charge in [0, 0.05) is 19.7 Å². The summed E-state index contributed by atoms with van der Waals surface area (Å²) in [4.78, 5) is 11.7.